The summed E-state index contributed by atoms with van der Waals surface area (Å²) in [6.07, 6.45) is -7.16. The van der Waals surface area contributed by atoms with Gasteiger partial charge in [-0.05, 0) is 50.0 Å². The van der Waals surface area contributed by atoms with Gasteiger partial charge in [0.15, 0.2) is 6.10 Å². The van der Waals surface area contributed by atoms with Crippen LogP contribution in [-0.4, -0.2) is 82.6 Å². The largest absolute Gasteiger partial charge is 0.479 e. The second-order valence-electron chi connectivity index (χ2n) is 7.68. The first kappa shape index (κ1) is 22.6. The van der Waals surface area contributed by atoms with Crippen molar-refractivity contribution in [2.75, 3.05) is 20.6 Å². The lowest BCUT2D eigenvalue weighted by atomic mass is 9.85. The molecular weight excluding hydrogens is 366 g/mol. The van der Waals surface area contributed by atoms with E-state index < -0.39 is 36.7 Å². The number of hydrogen-bond donors (Lipinski definition) is 4. The third kappa shape index (κ3) is 5.21. The van der Waals surface area contributed by atoms with Crippen molar-refractivity contribution in [3.05, 3.63) is 29.8 Å². The van der Waals surface area contributed by atoms with Gasteiger partial charge in [-0.15, -0.1) is 0 Å². The molecule has 0 radical (unpaired) electrons. The molecule has 28 heavy (non-hydrogen) atoms. The molecule has 1 aliphatic heterocycles. The average Bonchev–Trinajstić information content (AvgIpc) is 2.62. The first-order chi connectivity index (χ1) is 13.1. The SMILES string of the molecule is CCC(c1cccc(OC2OC(C(=O)O)C(O)C(O)C2O)c1)C(C)CN(C)C. The van der Waals surface area contributed by atoms with Crippen molar-refractivity contribution in [2.45, 2.75) is 56.9 Å². The van der Waals surface area contributed by atoms with Crippen molar-refractivity contribution in [2.24, 2.45) is 5.92 Å². The van der Waals surface area contributed by atoms with Crippen LogP contribution in [0.4, 0.5) is 0 Å². The smallest absolute Gasteiger partial charge is 0.335 e. The van der Waals surface area contributed by atoms with E-state index in [4.69, 9.17) is 14.6 Å². The lowest BCUT2D eigenvalue weighted by molar-refractivity contribution is -0.271. The van der Waals surface area contributed by atoms with Crippen LogP contribution >= 0.6 is 0 Å². The molecule has 0 spiro atoms. The number of carboxylic acids is 1. The Balaban J connectivity index is 2.18. The second-order valence-corrected chi connectivity index (χ2v) is 7.68. The van der Waals surface area contributed by atoms with Gasteiger partial charge in [0, 0.05) is 6.54 Å². The van der Waals surface area contributed by atoms with Gasteiger partial charge in [-0.3, -0.25) is 0 Å². The van der Waals surface area contributed by atoms with Crippen LogP contribution in [0.25, 0.3) is 0 Å². The van der Waals surface area contributed by atoms with Crippen molar-refractivity contribution >= 4 is 5.97 Å². The number of ether oxygens (including phenoxy) is 2. The van der Waals surface area contributed by atoms with Crippen LogP contribution in [-0.2, 0) is 9.53 Å². The molecule has 8 nitrogen and oxygen atoms in total. The molecule has 4 N–H and O–H groups in total. The van der Waals surface area contributed by atoms with Gasteiger partial charge in [-0.2, -0.15) is 0 Å². The van der Waals surface area contributed by atoms with Crippen LogP contribution in [0.3, 0.4) is 0 Å². The molecule has 1 aliphatic rings. The highest BCUT2D eigenvalue weighted by atomic mass is 16.7. The molecule has 7 unspecified atom stereocenters. The Morgan fingerprint density at radius 3 is 2.46 bits per heavy atom. The van der Waals surface area contributed by atoms with Crippen molar-refractivity contribution in [3.63, 3.8) is 0 Å². The Kier molecular flexibility index (Phi) is 7.79. The minimum Gasteiger partial charge on any atom is -0.479 e. The summed E-state index contributed by atoms with van der Waals surface area (Å²) in [5, 5.41) is 39.0. The van der Waals surface area contributed by atoms with Gasteiger partial charge in [0.25, 0.3) is 0 Å². The van der Waals surface area contributed by atoms with E-state index in [2.05, 4.69) is 18.7 Å². The van der Waals surface area contributed by atoms with E-state index in [0.29, 0.717) is 17.6 Å². The number of hydrogen-bond acceptors (Lipinski definition) is 7. The Bertz CT molecular complexity index is 653. The zero-order valence-electron chi connectivity index (χ0n) is 16.7. The van der Waals surface area contributed by atoms with Crippen LogP contribution in [0.1, 0.15) is 31.7 Å². The Morgan fingerprint density at radius 1 is 1.21 bits per heavy atom. The molecule has 0 aliphatic carbocycles. The number of aliphatic carboxylic acids is 1. The highest BCUT2D eigenvalue weighted by molar-refractivity contribution is 5.73. The molecule has 0 amide bonds. The number of carboxylic acid groups (broad SMARTS) is 1. The molecule has 1 saturated heterocycles. The van der Waals surface area contributed by atoms with Crippen molar-refractivity contribution in [1.29, 1.82) is 0 Å². The van der Waals surface area contributed by atoms with Gasteiger partial charge in [-0.25, -0.2) is 4.79 Å². The summed E-state index contributed by atoms with van der Waals surface area (Å²) in [6, 6.07) is 7.34. The number of aliphatic hydroxyl groups is 3. The number of nitrogens with zero attached hydrogens (tertiary/aromatic N) is 1. The number of benzene rings is 1. The van der Waals surface area contributed by atoms with Crippen LogP contribution < -0.4 is 4.74 Å². The maximum absolute atomic E-state index is 11.2. The van der Waals surface area contributed by atoms with Gasteiger partial charge in [0.05, 0.1) is 0 Å². The summed E-state index contributed by atoms with van der Waals surface area (Å²) < 4.78 is 10.8. The first-order valence-electron chi connectivity index (χ1n) is 9.49. The molecule has 0 bridgehead atoms. The summed E-state index contributed by atoms with van der Waals surface area (Å²) in [5.41, 5.74) is 1.06. The lowest BCUT2D eigenvalue weighted by Gasteiger charge is -2.38. The molecule has 7 atom stereocenters. The monoisotopic (exact) mass is 397 g/mol. The van der Waals surface area contributed by atoms with E-state index in [9.17, 15) is 20.1 Å². The molecule has 1 fully saturated rings. The second kappa shape index (κ2) is 9.67. The van der Waals surface area contributed by atoms with Gasteiger partial charge < -0.3 is 34.8 Å². The predicted octanol–water partition coefficient (Wildman–Crippen LogP) is 0.649. The fraction of sp³-hybridized carbons (Fsp3) is 0.650. The highest BCUT2D eigenvalue weighted by Gasteiger charge is 2.48. The van der Waals surface area contributed by atoms with E-state index in [1.807, 2.05) is 32.3 Å². The van der Waals surface area contributed by atoms with Gasteiger partial charge in [0.2, 0.25) is 6.29 Å². The maximum Gasteiger partial charge on any atom is 0.335 e. The Hall–Kier alpha value is -1.71. The quantitative estimate of drug-likeness (QED) is 0.505. The summed E-state index contributed by atoms with van der Waals surface area (Å²) in [7, 11) is 4.06. The Labute approximate surface area is 165 Å². The molecule has 2 rings (SSSR count). The minimum atomic E-state index is -1.74. The van der Waals surface area contributed by atoms with Crippen molar-refractivity contribution in [1.82, 2.24) is 4.90 Å². The van der Waals surface area contributed by atoms with Crippen LogP contribution in [0, 0.1) is 5.92 Å². The standard InChI is InChI=1S/C20H31NO7/c1-5-14(11(2)10-21(3)4)12-7-6-8-13(9-12)27-20-17(24)15(22)16(23)18(28-20)19(25)26/h6-9,11,14-18,20,22-24H,5,10H2,1-4H3,(H,25,26). The van der Waals surface area contributed by atoms with Crippen molar-refractivity contribution < 1.29 is 34.7 Å². The molecule has 0 aromatic heterocycles. The fourth-order valence-corrected chi connectivity index (χ4v) is 3.77. The minimum absolute atomic E-state index is 0.294. The molecule has 0 saturated carbocycles. The zero-order valence-corrected chi connectivity index (χ0v) is 16.7. The zero-order chi connectivity index (χ0) is 21.0. The number of carbonyl (C=O) groups is 1. The molecule has 1 heterocycles. The Morgan fingerprint density at radius 2 is 1.89 bits per heavy atom. The van der Waals surface area contributed by atoms with E-state index in [1.165, 1.54) is 0 Å². The first-order valence-corrected chi connectivity index (χ1v) is 9.49. The lowest BCUT2D eigenvalue weighted by Crippen LogP contribution is -2.61. The molecule has 158 valence electrons. The predicted molar refractivity (Wildman–Crippen MR) is 102 cm³/mol. The van der Waals surface area contributed by atoms with Crippen LogP contribution in [0.5, 0.6) is 5.75 Å². The van der Waals surface area contributed by atoms with Gasteiger partial charge in [-0.1, -0.05) is 26.0 Å². The van der Waals surface area contributed by atoms with Gasteiger partial charge in [0.1, 0.15) is 24.1 Å². The molecule has 1 aromatic rings. The molecule has 8 heteroatoms. The molecular formula is C20H31NO7. The van der Waals surface area contributed by atoms with E-state index in [0.717, 1.165) is 18.5 Å². The van der Waals surface area contributed by atoms with Crippen LogP contribution in [0.2, 0.25) is 0 Å². The highest BCUT2D eigenvalue weighted by Crippen LogP contribution is 2.32. The third-order valence-electron chi connectivity index (χ3n) is 5.13. The maximum atomic E-state index is 11.2. The molecule has 1 aromatic carbocycles. The van der Waals surface area contributed by atoms with Crippen molar-refractivity contribution in [3.8, 4) is 5.75 Å². The number of aliphatic hydroxyl groups excluding tert-OH is 3. The normalized spacial score (nSPS) is 30.1. The summed E-state index contributed by atoms with van der Waals surface area (Å²) in [5.74, 6) is -0.350. The van der Waals surface area contributed by atoms with Crippen LogP contribution in [0.15, 0.2) is 24.3 Å². The van der Waals surface area contributed by atoms with Gasteiger partial charge >= 0.3 is 5.97 Å². The summed E-state index contributed by atoms with van der Waals surface area (Å²) in [4.78, 5) is 13.4. The van der Waals surface area contributed by atoms with E-state index >= 15 is 0 Å². The summed E-state index contributed by atoms with van der Waals surface area (Å²) >= 11 is 0. The van der Waals surface area contributed by atoms with E-state index in [-0.39, 0.29) is 0 Å². The average molecular weight is 397 g/mol. The number of rotatable bonds is 8. The fourth-order valence-electron chi connectivity index (χ4n) is 3.77. The van der Waals surface area contributed by atoms with E-state index in [1.54, 1.807) is 6.07 Å². The topological polar surface area (TPSA) is 120 Å². The summed E-state index contributed by atoms with van der Waals surface area (Å²) in [6.45, 7) is 5.23. The third-order valence-corrected chi connectivity index (χ3v) is 5.13.